The topological polar surface area (TPSA) is 15.3 Å². The van der Waals surface area contributed by atoms with E-state index in [9.17, 15) is 0 Å². The van der Waals surface area contributed by atoms with Crippen LogP contribution < -0.4 is 5.32 Å². The van der Waals surface area contributed by atoms with Crippen LogP contribution in [0.15, 0.2) is 0 Å². The maximum absolute atomic E-state index is 5.25. The number of hydrogen-bond donors (Lipinski definition) is 1. The van der Waals surface area contributed by atoms with Gasteiger partial charge in [-0.15, -0.1) is 12.3 Å². The van der Waals surface area contributed by atoms with Crippen LogP contribution in [0.5, 0.6) is 0 Å². The first-order valence-corrected chi connectivity index (χ1v) is 5.80. The SMILES string of the molecule is C#CCCCN1CCC2CCC(C1)N2. The molecule has 2 saturated heterocycles. The van der Waals surface area contributed by atoms with Crippen molar-refractivity contribution >= 4 is 0 Å². The van der Waals surface area contributed by atoms with Crippen molar-refractivity contribution in [3.05, 3.63) is 0 Å². The minimum Gasteiger partial charge on any atom is -0.310 e. The van der Waals surface area contributed by atoms with Gasteiger partial charge in [0.15, 0.2) is 0 Å². The highest BCUT2D eigenvalue weighted by Crippen LogP contribution is 2.20. The monoisotopic (exact) mass is 192 g/mol. The molecular formula is C12H20N2. The Balaban J connectivity index is 1.75. The molecule has 2 heteroatoms. The molecule has 2 aliphatic heterocycles. The average molecular weight is 192 g/mol. The van der Waals surface area contributed by atoms with Crippen molar-refractivity contribution in [1.82, 2.24) is 10.2 Å². The molecule has 0 aromatic carbocycles. The number of rotatable bonds is 3. The van der Waals surface area contributed by atoms with Gasteiger partial charge in [-0.05, 0) is 38.8 Å². The number of unbranched alkanes of at least 4 members (excludes halogenated alkanes) is 1. The van der Waals surface area contributed by atoms with E-state index in [1.54, 1.807) is 0 Å². The first kappa shape index (κ1) is 10.0. The molecule has 0 aliphatic carbocycles. The zero-order valence-electron chi connectivity index (χ0n) is 8.84. The summed E-state index contributed by atoms with van der Waals surface area (Å²) in [5.74, 6) is 2.71. The van der Waals surface area contributed by atoms with Gasteiger partial charge in [0.25, 0.3) is 0 Å². The van der Waals surface area contributed by atoms with Gasteiger partial charge in [0.05, 0.1) is 0 Å². The largest absolute Gasteiger partial charge is 0.310 e. The van der Waals surface area contributed by atoms with Gasteiger partial charge in [-0.25, -0.2) is 0 Å². The number of nitrogens with zero attached hydrogens (tertiary/aromatic N) is 1. The molecule has 2 bridgehead atoms. The maximum atomic E-state index is 5.25. The first-order chi connectivity index (χ1) is 6.88. The molecule has 0 spiro atoms. The lowest BCUT2D eigenvalue weighted by atomic mass is 10.1. The zero-order valence-corrected chi connectivity index (χ0v) is 8.84. The van der Waals surface area contributed by atoms with Gasteiger partial charge in [0, 0.05) is 25.0 Å². The summed E-state index contributed by atoms with van der Waals surface area (Å²) in [5, 5.41) is 3.69. The number of fused-ring (bicyclic) bond motifs is 2. The van der Waals surface area contributed by atoms with Gasteiger partial charge >= 0.3 is 0 Å². The van der Waals surface area contributed by atoms with Crippen LogP contribution in [0.4, 0.5) is 0 Å². The summed E-state index contributed by atoms with van der Waals surface area (Å²) in [6.45, 7) is 3.69. The summed E-state index contributed by atoms with van der Waals surface area (Å²) in [6.07, 6.45) is 11.4. The molecule has 78 valence electrons. The van der Waals surface area contributed by atoms with Crippen molar-refractivity contribution < 1.29 is 0 Å². The summed E-state index contributed by atoms with van der Waals surface area (Å²) >= 11 is 0. The molecule has 0 aromatic heterocycles. The smallest absolute Gasteiger partial charge is 0.0198 e. The normalized spacial score (nSPS) is 32.5. The van der Waals surface area contributed by atoms with E-state index in [0.29, 0.717) is 0 Å². The van der Waals surface area contributed by atoms with Gasteiger partial charge in [0.1, 0.15) is 0 Å². The minimum absolute atomic E-state index is 0.758. The summed E-state index contributed by atoms with van der Waals surface area (Å²) in [4.78, 5) is 2.58. The highest BCUT2D eigenvalue weighted by molar-refractivity contribution is 4.90. The highest BCUT2D eigenvalue weighted by Gasteiger charge is 2.28. The standard InChI is InChI=1S/C12H20N2/c1-2-3-4-8-14-9-7-11-5-6-12(10-14)13-11/h1,11-13H,3-10H2. The molecule has 2 atom stereocenters. The first-order valence-electron chi connectivity index (χ1n) is 5.80. The van der Waals surface area contributed by atoms with Crippen LogP contribution in [0, 0.1) is 12.3 Å². The molecule has 14 heavy (non-hydrogen) atoms. The number of hydrogen-bond acceptors (Lipinski definition) is 2. The van der Waals surface area contributed by atoms with Gasteiger partial charge in [0.2, 0.25) is 0 Å². The summed E-state index contributed by atoms with van der Waals surface area (Å²) in [5.41, 5.74) is 0. The molecule has 0 radical (unpaired) electrons. The van der Waals surface area contributed by atoms with E-state index in [0.717, 1.165) is 24.9 Å². The third kappa shape index (κ3) is 2.50. The second-order valence-electron chi connectivity index (χ2n) is 4.53. The Hall–Kier alpha value is -0.520. The second kappa shape index (κ2) is 4.82. The zero-order chi connectivity index (χ0) is 9.80. The summed E-state index contributed by atoms with van der Waals surface area (Å²) in [6, 6.07) is 1.56. The minimum atomic E-state index is 0.758. The van der Waals surface area contributed by atoms with Crippen molar-refractivity contribution in [3.8, 4) is 12.3 Å². The van der Waals surface area contributed by atoms with Crippen molar-refractivity contribution in [3.63, 3.8) is 0 Å². The van der Waals surface area contributed by atoms with E-state index in [1.165, 1.54) is 38.9 Å². The van der Waals surface area contributed by atoms with Crippen molar-refractivity contribution in [2.75, 3.05) is 19.6 Å². The fourth-order valence-electron chi connectivity index (χ4n) is 2.62. The summed E-state index contributed by atoms with van der Waals surface area (Å²) in [7, 11) is 0. The Kier molecular flexibility index (Phi) is 3.44. The molecule has 2 heterocycles. The van der Waals surface area contributed by atoms with Crippen LogP contribution >= 0.6 is 0 Å². The van der Waals surface area contributed by atoms with E-state index >= 15 is 0 Å². The van der Waals surface area contributed by atoms with Crippen LogP contribution in [0.2, 0.25) is 0 Å². The van der Waals surface area contributed by atoms with Gasteiger partial charge in [-0.2, -0.15) is 0 Å². The third-order valence-corrected chi connectivity index (χ3v) is 3.40. The van der Waals surface area contributed by atoms with Gasteiger partial charge in [-0.1, -0.05) is 0 Å². The predicted octanol–water partition coefficient (Wildman–Crippen LogP) is 1.23. The summed E-state index contributed by atoms with van der Waals surface area (Å²) < 4.78 is 0. The molecule has 2 fully saturated rings. The number of nitrogens with one attached hydrogen (secondary N) is 1. The van der Waals surface area contributed by atoms with Crippen LogP contribution in [0.3, 0.4) is 0 Å². The Morgan fingerprint density at radius 2 is 2.14 bits per heavy atom. The lowest BCUT2D eigenvalue weighted by Gasteiger charge is -2.23. The second-order valence-corrected chi connectivity index (χ2v) is 4.53. The Morgan fingerprint density at radius 1 is 1.29 bits per heavy atom. The Bertz CT molecular complexity index is 219. The van der Waals surface area contributed by atoms with Crippen LogP contribution in [0.25, 0.3) is 0 Å². The molecule has 1 N–H and O–H groups in total. The van der Waals surface area contributed by atoms with Gasteiger partial charge < -0.3 is 10.2 Å². The molecular weight excluding hydrogens is 172 g/mol. The van der Waals surface area contributed by atoms with E-state index in [4.69, 9.17) is 6.42 Å². The fourth-order valence-corrected chi connectivity index (χ4v) is 2.62. The quantitative estimate of drug-likeness (QED) is 0.534. The van der Waals surface area contributed by atoms with Crippen LogP contribution in [-0.2, 0) is 0 Å². The van der Waals surface area contributed by atoms with Crippen molar-refractivity contribution in [1.29, 1.82) is 0 Å². The lowest BCUT2D eigenvalue weighted by molar-refractivity contribution is 0.257. The van der Waals surface area contributed by atoms with Crippen LogP contribution in [0.1, 0.15) is 32.1 Å². The molecule has 0 amide bonds. The molecule has 2 unspecified atom stereocenters. The van der Waals surface area contributed by atoms with E-state index in [1.807, 2.05) is 0 Å². The molecule has 2 nitrogen and oxygen atoms in total. The highest BCUT2D eigenvalue weighted by atomic mass is 15.2. The maximum Gasteiger partial charge on any atom is 0.0198 e. The van der Waals surface area contributed by atoms with E-state index < -0.39 is 0 Å². The van der Waals surface area contributed by atoms with Crippen molar-refractivity contribution in [2.45, 2.75) is 44.2 Å². The lowest BCUT2D eigenvalue weighted by Crippen LogP contribution is -2.35. The van der Waals surface area contributed by atoms with Gasteiger partial charge in [-0.3, -0.25) is 0 Å². The van der Waals surface area contributed by atoms with E-state index in [-0.39, 0.29) is 0 Å². The Morgan fingerprint density at radius 3 is 3.00 bits per heavy atom. The van der Waals surface area contributed by atoms with E-state index in [2.05, 4.69) is 16.1 Å². The van der Waals surface area contributed by atoms with Crippen LogP contribution in [-0.4, -0.2) is 36.6 Å². The molecule has 2 rings (SSSR count). The molecule has 0 saturated carbocycles. The number of terminal acetylenes is 1. The predicted molar refractivity (Wildman–Crippen MR) is 59.1 cm³/mol. The van der Waals surface area contributed by atoms with Crippen molar-refractivity contribution in [2.24, 2.45) is 0 Å². The molecule has 0 aromatic rings. The fraction of sp³-hybridized carbons (Fsp3) is 0.833. The molecule has 2 aliphatic rings. The average Bonchev–Trinajstić information content (AvgIpc) is 2.50. The Labute approximate surface area is 87.1 Å². The number of likely N-dealkylation sites (tertiary alicyclic amines) is 1. The third-order valence-electron chi connectivity index (χ3n) is 3.40.